The first-order valence-corrected chi connectivity index (χ1v) is 7.67. The van der Waals surface area contributed by atoms with Gasteiger partial charge in [-0.25, -0.2) is 0 Å². The van der Waals surface area contributed by atoms with Gasteiger partial charge < -0.3 is 9.84 Å². The molecule has 1 aromatic heterocycles. The molecule has 5 nitrogen and oxygen atoms in total. The summed E-state index contributed by atoms with van der Waals surface area (Å²) in [5.41, 5.74) is 0.955. The van der Waals surface area contributed by atoms with Crippen molar-refractivity contribution < 1.29 is 22.5 Å². The van der Waals surface area contributed by atoms with Gasteiger partial charge in [0.2, 0.25) is 11.7 Å². The third-order valence-corrected chi connectivity index (χ3v) is 3.98. The Morgan fingerprint density at radius 3 is 2.71 bits per heavy atom. The first kappa shape index (κ1) is 16.8. The summed E-state index contributed by atoms with van der Waals surface area (Å²) in [6, 6.07) is 4.58. The van der Waals surface area contributed by atoms with Crippen LogP contribution in [0.25, 0.3) is 11.4 Å². The number of amides is 1. The molecule has 0 saturated heterocycles. The van der Waals surface area contributed by atoms with Crippen molar-refractivity contribution in [1.82, 2.24) is 15.5 Å². The molecule has 0 unspecified atom stereocenters. The number of halogens is 4. The van der Waals surface area contributed by atoms with Crippen LogP contribution in [0.2, 0.25) is 5.02 Å². The van der Waals surface area contributed by atoms with E-state index in [9.17, 15) is 18.0 Å². The van der Waals surface area contributed by atoms with E-state index in [1.54, 1.807) is 6.07 Å². The highest BCUT2D eigenvalue weighted by Crippen LogP contribution is 2.32. The van der Waals surface area contributed by atoms with E-state index >= 15 is 0 Å². The Kier molecular flexibility index (Phi) is 4.49. The third kappa shape index (κ3) is 4.05. The predicted octanol–water partition coefficient (Wildman–Crippen LogP) is 3.83. The maximum Gasteiger partial charge on any atom is 0.471 e. The summed E-state index contributed by atoms with van der Waals surface area (Å²) in [6.07, 6.45) is -2.00. The van der Waals surface area contributed by atoms with Crippen LogP contribution in [0.1, 0.15) is 30.7 Å². The first-order chi connectivity index (χ1) is 11.3. The van der Waals surface area contributed by atoms with Crippen LogP contribution in [0.5, 0.6) is 0 Å². The summed E-state index contributed by atoms with van der Waals surface area (Å²) in [7, 11) is 0. The summed E-state index contributed by atoms with van der Waals surface area (Å²) < 4.78 is 41.6. The van der Waals surface area contributed by atoms with Gasteiger partial charge >= 0.3 is 12.1 Å². The van der Waals surface area contributed by atoms with Gasteiger partial charge in [0.05, 0.1) is 0 Å². The van der Waals surface area contributed by atoms with Crippen LogP contribution < -0.4 is 5.32 Å². The fourth-order valence-corrected chi connectivity index (χ4v) is 2.38. The molecule has 0 bridgehead atoms. The summed E-state index contributed by atoms with van der Waals surface area (Å²) in [5, 5.41) is 6.38. The van der Waals surface area contributed by atoms with Crippen molar-refractivity contribution in [2.75, 3.05) is 0 Å². The van der Waals surface area contributed by atoms with Crippen LogP contribution in [0.3, 0.4) is 0 Å². The second kappa shape index (κ2) is 6.43. The van der Waals surface area contributed by atoms with Crippen LogP contribution in [0.15, 0.2) is 22.7 Å². The van der Waals surface area contributed by atoms with E-state index in [0.717, 1.165) is 12.8 Å². The number of hydrogen-bond donors (Lipinski definition) is 1. The number of nitrogens with one attached hydrogen (secondary N) is 1. The molecule has 2 aromatic rings. The number of carbonyl (C=O) groups excluding carboxylic acids is 1. The van der Waals surface area contributed by atoms with E-state index in [0.29, 0.717) is 28.5 Å². The Bertz CT molecular complexity index is 757. The van der Waals surface area contributed by atoms with Crippen LogP contribution in [0, 0.1) is 5.92 Å². The van der Waals surface area contributed by atoms with Crippen LogP contribution in [0.4, 0.5) is 13.2 Å². The number of benzene rings is 1. The van der Waals surface area contributed by atoms with Gasteiger partial charge in [0.25, 0.3) is 0 Å². The first-order valence-electron chi connectivity index (χ1n) is 7.29. The number of aromatic nitrogens is 2. The average molecular weight is 360 g/mol. The van der Waals surface area contributed by atoms with E-state index in [2.05, 4.69) is 20.0 Å². The van der Waals surface area contributed by atoms with Gasteiger partial charge in [-0.3, -0.25) is 4.79 Å². The van der Waals surface area contributed by atoms with E-state index in [1.165, 1.54) is 12.1 Å². The Morgan fingerprint density at radius 2 is 2.12 bits per heavy atom. The lowest BCUT2D eigenvalue weighted by atomic mass is 10.1. The highest BCUT2D eigenvalue weighted by atomic mass is 35.5. The standard InChI is InChI=1S/C15H13ClF3N3O2/c16-11-6-9(13-21-14(24-22-13)15(17,18)19)3-4-10(11)7-20-12(23)5-8-1-2-8/h3-4,6,8H,1-2,5,7H2,(H,20,23). The molecule has 1 aliphatic rings. The topological polar surface area (TPSA) is 68.0 Å². The minimum atomic E-state index is -4.69. The number of rotatable bonds is 5. The van der Waals surface area contributed by atoms with Gasteiger partial charge in [-0.05, 0) is 30.4 Å². The molecule has 1 saturated carbocycles. The lowest BCUT2D eigenvalue weighted by Crippen LogP contribution is -2.23. The molecule has 1 aromatic carbocycles. The molecule has 0 atom stereocenters. The largest absolute Gasteiger partial charge is 0.471 e. The molecule has 1 fully saturated rings. The van der Waals surface area contributed by atoms with Crippen molar-refractivity contribution in [3.63, 3.8) is 0 Å². The number of hydrogen-bond acceptors (Lipinski definition) is 4. The quantitative estimate of drug-likeness (QED) is 0.881. The lowest BCUT2D eigenvalue weighted by Gasteiger charge is -2.07. The zero-order chi connectivity index (χ0) is 17.3. The van der Waals surface area contributed by atoms with E-state index in [4.69, 9.17) is 11.6 Å². The van der Waals surface area contributed by atoms with Crippen molar-refractivity contribution >= 4 is 17.5 Å². The molecule has 0 radical (unpaired) electrons. The zero-order valence-electron chi connectivity index (χ0n) is 12.4. The molecule has 0 aliphatic heterocycles. The van der Waals surface area contributed by atoms with Crippen molar-refractivity contribution in [1.29, 1.82) is 0 Å². The SMILES string of the molecule is O=C(CC1CC1)NCc1ccc(-c2noc(C(F)(F)F)n2)cc1Cl. The molecule has 0 spiro atoms. The smallest absolute Gasteiger partial charge is 0.352 e. The minimum absolute atomic E-state index is 0.0365. The second-order valence-corrected chi connectivity index (χ2v) is 6.06. The third-order valence-electron chi connectivity index (χ3n) is 3.63. The lowest BCUT2D eigenvalue weighted by molar-refractivity contribution is -0.159. The monoisotopic (exact) mass is 359 g/mol. The van der Waals surface area contributed by atoms with Crippen molar-refractivity contribution in [2.24, 2.45) is 5.92 Å². The molecule has 1 heterocycles. The van der Waals surface area contributed by atoms with Crippen molar-refractivity contribution in [3.8, 4) is 11.4 Å². The van der Waals surface area contributed by atoms with Crippen LogP contribution in [-0.4, -0.2) is 16.0 Å². The Balaban J connectivity index is 1.67. The van der Waals surface area contributed by atoms with Crippen molar-refractivity contribution in [2.45, 2.75) is 32.0 Å². The number of alkyl halides is 3. The maximum absolute atomic E-state index is 12.5. The van der Waals surface area contributed by atoms with Gasteiger partial charge in [-0.15, -0.1) is 0 Å². The van der Waals surface area contributed by atoms with Gasteiger partial charge in [0.1, 0.15) is 0 Å². The van der Waals surface area contributed by atoms with Gasteiger partial charge in [-0.1, -0.05) is 28.9 Å². The van der Waals surface area contributed by atoms with E-state index in [1.807, 2.05) is 0 Å². The Morgan fingerprint density at radius 1 is 1.38 bits per heavy atom. The Hall–Kier alpha value is -2.09. The normalized spacial score (nSPS) is 14.7. The summed E-state index contributed by atoms with van der Waals surface area (Å²) in [4.78, 5) is 15.0. The zero-order valence-corrected chi connectivity index (χ0v) is 13.1. The average Bonchev–Trinajstić information content (AvgIpc) is 3.16. The molecule has 1 N–H and O–H groups in total. The summed E-state index contributed by atoms with van der Waals surface area (Å²) in [6.45, 7) is 0.255. The fourth-order valence-electron chi connectivity index (χ4n) is 2.14. The van der Waals surface area contributed by atoms with Crippen molar-refractivity contribution in [3.05, 3.63) is 34.7 Å². The molecule has 3 rings (SSSR count). The maximum atomic E-state index is 12.5. The van der Waals surface area contributed by atoms with E-state index < -0.39 is 12.1 Å². The molecular formula is C15H13ClF3N3O2. The van der Waals surface area contributed by atoms with Gasteiger partial charge in [0, 0.05) is 23.6 Å². The highest BCUT2D eigenvalue weighted by Gasteiger charge is 2.38. The summed E-state index contributed by atoms with van der Waals surface area (Å²) in [5.74, 6) is -1.16. The highest BCUT2D eigenvalue weighted by molar-refractivity contribution is 6.31. The van der Waals surface area contributed by atoms with Gasteiger partial charge in [0.15, 0.2) is 0 Å². The van der Waals surface area contributed by atoms with Crippen LogP contribution in [-0.2, 0) is 17.5 Å². The molecule has 1 aliphatic carbocycles. The van der Waals surface area contributed by atoms with E-state index in [-0.39, 0.29) is 18.3 Å². The number of carbonyl (C=O) groups is 1. The second-order valence-electron chi connectivity index (χ2n) is 5.65. The van der Waals surface area contributed by atoms with Gasteiger partial charge in [-0.2, -0.15) is 18.2 Å². The number of nitrogens with zero attached hydrogens (tertiary/aromatic N) is 2. The molecule has 128 valence electrons. The summed E-state index contributed by atoms with van der Waals surface area (Å²) >= 11 is 6.12. The Labute approximate surface area is 140 Å². The molecule has 1 amide bonds. The predicted molar refractivity (Wildman–Crippen MR) is 78.9 cm³/mol. The fraction of sp³-hybridized carbons (Fsp3) is 0.400. The molecule has 9 heteroatoms. The molecular weight excluding hydrogens is 347 g/mol. The minimum Gasteiger partial charge on any atom is -0.352 e. The molecule has 24 heavy (non-hydrogen) atoms. The van der Waals surface area contributed by atoms with Crippen LogP contribution >= 0.6 is 11.6 Å².